The van der Waals surface area contributed by atoms with Crippen LogP contribution in [0.5, 0.6) is 5.75 Å². The van der Waals surface area contributed by atoms with Crippen LogP contribution in [-0.2, 0) is 11.4 Å². The van der Waals surface area contributed by atoms with Gasteiger partial charge < -0.3 is 15.8 Å². The second-order valence-electron chi connectivity index (χ2n) is 4.88. The zero-order chi connectivity index (χ0) is 15.9. The average Bonchev–Trinajstić information content (AvgIpc) is 2.54. The summed E-state index contributed by atoms with van der Waals surface area (Å²) in [6.07, 6.45) is 1.71. The van der Waals surface area contributed by atoms with Crippen molar-refractivity contribution in [3.8, 4) is 5.75 Å². The lowest BCUT2D eigenvalue weighted by molar-refractivity contribution is -0.119. The average molecular weight is 393 g/mol. The molecule has 0 aliphatic rings. The summed E-state index contributed by atoms with van der Waals surface area (Å²) in [5, 5.41) is 3.19. The SMILES string of the molecule is CC(CN)C(=O)Nc1ccc(OCc2ccccn2)c(Cl)c1.Cl.Cl. The first-order chi connectivity index (χ1) is 10.6. The fourth-order valence-corrected chi connectivity index (χ4v) is 1.94. The van der Waals surface area contributed by atoms with E-state index in [1.54, 1.807) is 31.3 Å². The van der Waals surface area contributed by atoms with Gasteiger partial charge in [-0.2, -0.15) is 0 Å². The van der Waals surface area contributed by atoms with E-state index in [0.29, 0.717) is 29.6 Å². The molecule has 5 nitrogen and oxygen atoms in total. The monoisotopic (exact) mass is 391 g/mol. The molecule has 1 heterocycles. The smallest absolute Gasteiger partial charge is 0.228 e. The van der Waals surface area contributed by atoms with Crippen LogP contribution in [0.25, 0.3) is 0 Å². The van der Waals surface area contributed by atoms with E-state index in [9.17, 15) is 4.79 Å². The number of hydrogen-bond acceptors (Lipinski definition) is 4. The third kappa shape index (κ3) is 6.53. The summed E-state index contributed by atoms with van der Waals surface area (Å²) in [7, 11) is 0. The van der Waals surface area contributed by atoms with Crippen LogP contribution >= 0.6 is 36.4 Å². The predicted molar refractivity (Wildman–Crippen MR) is 101 cm³/mol. The van der Waals surface area contributed by atoms with Gasteiger partial charge in [0.1, 0.15) is 12.4 Å². The molecule has 2 aromatic rings. The minimum absolute atomic E-state index is 0. The summed E-state index contributed by atoms with van der Waals surface area (Å²) in [4.78, 5) is 15.9. The quantitative estimate of drug-likeness (QED) is 0.786. The summed E-state index contributed by atoms with van der Waals surface area (Å²) < 4.78 is 5.62. The van der Waals surface area contributed by atoms with E-state index in [1.165, 1.54) is 0 Å². The molecule has 0 spiro atoms. The number of carbonyl (C=O) groups is 1. The van der Waals surface area contributed by atoms with E-state index in [2.05, 4.69) is 10.3 Å². The number of ether oxygens (including phenoxy) is 1. The van der Waals surface area contributed by atoms with Crippen molar-refractivity contribution in [3.05, 3.63) is 53.3 Å². The number of nitrogens with two attached hydrogens (primary N) is 1. The van der Waals surface area contributed by atoms with E-state index in [-0.39, 0.29) is 36.6 Å². The van der Waals surface area contributed by atoms with Gasteiger partial charge in [0.25, 0.3) is 0 Å². The normalized spacial score (nSPS) is 10.8. The Morgan fingerprint density at radius 2 is 2.08 bits per heavy atom. The third-order valence-electron chi connectivity index (χ3n) is 3.10. The number of carbonyl (C=O) groups excluding carboxylic acids is 1. The minimum Gasteiger partial charge on any atom is -0.486 e. The molecule has 1 atom stereocenters. The number of pyridine rings is 1. The maximum atomic E-state index is 11.8. The van der Waals surface area contributed by atoms with Crippen molar-refractivity contribution in [1.29, 1.82) is 0 Å². The highest BCUT2D eigenvalue weighted by Crippen LogP contribution is 2.28. The molecule has 0 aliphatic carbocycles. The number of aromatic nitrogens is 1. The van der Waals surface area contributed by atoms with Gasteiger partial charge in [0.2, 0.25) is 5.91 Å². The Morgan fingerprint density at radius 1 is 1.33 bits per heavy atom. The molecular weight excluding hydrogens is 373 g/mol. The zero-order valence-corrected chi connectivity index (χ0v) is 15.5. The minimum atomic E-state index is -0.251. The fraction of sp³-hybridized carbons (Fsp3) is 0.250. The Bertz CT molecular complexity index is 642. The van der Waals surface area contributed by atoms with Gasteiger partial charge >= 0.3 is 0 Å². The summed E-state index contributed by atoms with van der Waals surface area (Å²) in [5.41, 5.74) is 6.89. The van der Waals surface area contributed by atoms with Crippen LogP contribution < -0.4 is 15.8 Å². The Kier molecular flexibility index (Phi) is 10.4. The summed E-state index contributed by atoms with van der Waals surface area (Å²) in [6, 6.07) is 10.7. The van der Waals surface area contributed by atoms with Gasteiger partial charge in [0.05, 0.1) is 10.7 Å². The molecule has 1 unspecified atom stereocenters. The molecule has 3 N–H and O–H groups in total. The maximum absolute atomic E-state index is 11.8. The molecule has 0 saturated carbocycles. The number of nitrogens with one attached hydrogen (secondary N) is 1. The Balaban J connectivity index is 0.00000264. The van der Waals surface area contributed by atoms with Gasteiger partial charge in [-0.15, -0.1) is 24.8 Å². The highest BCUT2D eigenvalue weighted by Gasteiger charge is 2.12. The van der Waals surface area contributed by atoms with Crippen molar-refractivity contribution in [3.63, 3.8) is 0 Å². The number of benzene rings is 1. The first-order valence-corrected chi connectivity index (χ1v) is 7.31. The van der Waals surface area contributed by atoms with Gasteiger partial charge in [-0.25, -0.2) is 0 Å². The van der Waals surface area contributed by atoms with Crippen LogP contribution in [-0.4, -0.2) is 17.4 Å². The number of halogens is 3. The molecule has 1 amide bonds. The van der Waals surface area contributed by atoms with Gasteiger partial charge in [0.15, 0.2) is 0 Å². The first-order valence-electron chi connectivity index (χ1n) is 6.93. The van der Waals surface area contributed by atoms with Crippen LogP contribution in [0.2, 0.25) is 5.02 Å². The van der Waals surface area contributed by atoms with Gasteiger partial charge in [-0.05, 0) is 30.3 Å². The molecule has 1 aromatic heterocycles. The highest BCUT2D eigenvalue weighted by atomic mass is 35.5. The standard InChI is InChI=1S/C16H18ClN3O2.2ClH/c1-11(9-18)16(21)20-12-5-6-15(14(17)8-12)22-10-13-4-2-3-7-19-13;;/h2-8,11H,9-10,18H2,1H3,(H,20,21);2*1H. The maximum Gasteiger partial charge on any atom is 0.228 e. The van der Waals surface area contributed by atoms with Crippen molar-refractivity contribution in [2.45, 2.75) is 13.5 Å². The molecule has 0 saturated heterocycles. The van der Waals surface area contributed by atoms with Gasteiger partial charge in [0, 0.05) is 24.3 Å². The molecule has 8 heteroatoms. The van der Waals surface area contributed by atoms with Crippen molar-refractivity contribution < 1.29 is 9.53 Å². The van der Waals surface area contributed by atoms with E-state index in [1.807, 2.05) is 18.2 Å². The lowest BCUT2D eigenvalue weighted by atomic mass is 10.1. The number of nitrogens with zero attached hydrogens (tertiary/aromatic N) is 1. The third-order valence-corrected chi connectivity index (χ3v) is 3.40. The van der Waals surface area contributed by atoms with E-state index < -0.39 is 0 Å². The second kappa shape index (κ2) is 11.1. The van der Waals surface area contributed by atoms with Crippen LogP contribution in [0.4, 0.5) is 5.69 Å². The molecule has 0 radical (unpaired) electrons. The Labute approximate surface area is 158 Å². The first kappa shape index (κ1) is 22.5. The summed E-state index contributed by atoms with van der Waals surface area (Å²) >= 11 is 6.17. The molecule has 24 heavy (non-hydrogen) atoms. The largest absolute Gasteiger partial charge is 0.486 e. The second-order valence-corrected chi connectivity index (χ2v) is 5.29. The summed E-state index contributed by atoms with van der Waals surface area (Å²) in [5.74, 6) is 0.150. The number of anilines is 1. The lowest BCUT2D eigenvalue weighted by Crippen LogP contribution is -2.26. The Morgan fingerprint density at radius 3 is 2.67 bits per heavy atom. The van der Waals surface area contributed by atoms with Gasteiger partial charge in [-0.3, -0.25) is 9.78 Å². The lowest BCUT2D eigenvalue weighted by Gasteiger charge is -2.12. The van der Waals surface area contributed by atoms with Crippen molar-refractivity contribution in [1.82, 2.24) is 4.98 Å². The van der Waals surface area contributed by atoms with Crippen LogP contribution in [0.15, 0.2) is 42.6 Å². The van der Waals surface area contributed by atoms with E-state index in [0.717, 1.165) is 5.69 Å². The van der Waals surface area contributed by atoms with Gasteiger partial charge in [-0.1, -0.05) is 24.6 Å². The van der Waals surface area contributed by atoms with Crippen LogP contribution in [0.1, 0.15) is 12.6 Å². The van der Waals surface area contributed by atoms with Crippen LogP contribution in [0.3, 0.4) is 0 Å². The molecule has 132 valence electrons. The topological polar surface area (TPSA) is 77.2 Å². The van der Waals surface area contributed by atoms with Crippen molar-refractivity contribution in [2.24, 2.45) is 11.7 Å². The molecule has 0 fully saturated rings. The highest BCUT2D eigenvalue weighted by molar-refractivity contribution is 6.32. The number of amides is 1. The Hall–Kier alpha value is -1.53. The fourth-order valence-electron chi connectivity index (χ4n) is 1.70. The van der Waals surface area contributed by atoms with Crippen molar-refractivity contribution in [2.75, 3.05) is 11.9 Å². The van der Waals surface area contributed by atoms with E-state index in [4.69, 9.17) is 22.1 Å². The predicted octanol–water partition coefficient (Wildman–Crippen LogP) is 3.69. The van der Waals surface area contributed by atoms with Crippen molar-refractivity contribution >= 4 is 48.0 Å². The van der Waals surface area contributed by atoms with Crippen LogP contribution in [0, 0.1) is 5.92 Å². The molecule has 2 rings (SSSR count). The summed E-state index contributed by atoms with van der Waals surface area (Å²) in [6.45, 7) is 2.39. The number of rotatable bonds is 6. The molecular formula is C16H20Cl3N3O2. The zero-order valence-electron chi connectivity index (χ0n) is 13.1. The number of hydrogen-bond donors (Lipinski definition) is 2. The molecule has 1 aromatic carbocycles. The molecule has 0 bridgehead atoms. The molecule has 0 aliphatic heterocycles. The van der Waals surface area contributed by atoms with E-state index >= 15 is 0 Å².